The Bertz CT molecular complexity index is 2790. The van der Waals surface area contributed by atoms with Gasteiger partial charge in [-0.05, 0) is 59.2 Å². The predicted molar refractivity (Wildman–Crippen MR) is 205 cm³/mol. The van der Waals surface area contributed by atoms with E-state index in [1.54, 1.807) is 0 Å². The molecule has 0 aliphatic carbocycles. The first kappa shape index (κ1) is 28.3. The molecule has 236 valence electrons. The van der Waals surface area contributed by atoms with Crippen molar-refractivity contribution in [2.24, 2.45) is 9.98 Å². The van der Waals surface area contributed by atoms with E-state index in [9.17, 15) is 0 Å². The van der Waals surface area contributed by atoms with Crippen LogP contribution >= 0.6 is 0 Å². The molecule has 5 heteroatoms. The lowest BCUT2D eigenvalue weighted by atomic mass is 10.0. The Morgan fingerprint density at radius 1 is 0.500 bits per heavy atom. The average Bonchev–Trinajstić information content (AvgIpc) is 3.74. The lowest BCUT2D eigenvalue weighted by Crippen LogP contribution is -2.33. The van der Waals surface area contributed by atoms with Crippen LogP contribution in [0.15, 0.2) is 184 Å². The molecule has 1 atom stereocenters. The van der Waals surface area contributed by atoms with Crippen molar-refractivity contribution in [2.45, 2.75) is 6.17 Å². The Kier molecular flexibility index (Phi) is 6.49. The number of aromatic nitrogens is 1. The summed E-state index contributed by atoms with van der Waals surface area (Å²) in [6, 6.07) is 59.1. The van der Waals surface area contributed by atoms with Crippen molar-refractivity contribution in [3.05, 3.63) is 187 Å². The number of aliphatic imine (C=N–C) groups is 2. The van der Waals surface area contributed by atoms with Crippen LogP contribution in [0.25, 0.3) is 60.6 Å². The molecule has 2 aromatic heterocycles. The third kappa shape index (κ3) is 4.63. The lowest BCUT2D eigenvalue weighted by molar-refractivity contribution is 0.669. The minimum absolute atomic E-state index is 0.293. The maximum absolute atomic E-state index is 6.30. The number of nitrogens with one attached hydrogen (secondary N) is 1. The van der Waals surface area contributed by atoms with E-state index in [0.717, 1.165) is 72.3 Å². The maximum Gasteiger partial charge on any atom is 0.159 e. The summed E-state index contributed by atoms with van der Waals surface area (Å²) in [6.07, 6.45) is -0.293. The molecule has 0 radical (unpaired) electrons. The summed E-state index contributed by atoms with van der Waals surface area (Å²) in [4.78, 5) is 10.3. The van der Waals surface area contributed by atoms with Crippen molar-refractivity contribution in [1.29, 1.82) is 0 Å². The van der Waals surface area contributed by atoms with E-state index in [2.05, 4.69) is 155 Å². The third-order valence-electron chi connectivity index (χ3n) is 9.64. The molecular weight excluding hydrogens is 613 g/mol. The molecule has 0 bridgehead atoms. The highest BCUT2D eigenvalue weighted by atomic mass is 16.3. The van der Waals surface area contributed by atoms with Gasteiger partial charge in [-0.1, -0.05) is 127 Å². The monoisotopic (exact) mass is 642 g/mol. The summed E-state index contributed by atoms with van der Waals surface area (Å²) >= 11 is 0. The SMILES string of the molecule is c1ccc(-c2cccc(C3=NC(c4ccccc4)NC(c4cccc(-n5c6ccccc6c6c7c(ccc65)oc5ccccc57)c4)=N3)c2)cc1. The molecule has 50 heavy (non-hydrogen) atoms. The highest BCUT2D eigenvalue weighted by Crippen LogP contribution is 2.41. The van der Waals surface area contributed by atoms with Gasteiger partial charge in [0.15, 0.2) is 5.84 Å². The maximum atomic E-state index is 6.30. The second kappa shape index (κ2) is 11.5. The molecule has 0 amide bonds. The number of nitrogens with zero attached hydrogens (tertiary/aromatic N) is 3. The standard InChI is InChI=1S/C45H30N4O/c1-3-13-29(14-4-1)31-17-11-18-32(27-31)44-46-43(30-15-5-2-6-16-30)47-45(48-44)33-19-12-20-34(28-33)49-37-23-9-7-21-35(37)41-38(49)25-26-40-42(41)36-22-8-10-24-39(36)50-40/h1-28,43H,(H,46,47,48). The summed E-state index contributed by atoms with van der Waals surface area (Å²) in [5.41, 5.74) is 10.4. The first-order valence-corrected chi connectivity index (χ1v) is 16.9. The first-order valence-electron chi connectivity index (χ1n) is 16.9. The molecule has 0 saturated carbocycles. The van der Waals surface area contributed by atoms with E-state index in [4.69, 9.17) is 14.4 Å². The van der Waals surface area contributed by atoms with Crippen LogP contribution in [0.1, 0.15) is 22.9 Å². The number of hydrogen-bond acceptors (Lipinski definition) is 4. The van der Waals surface area contributed by atoms with Crippen molar-refractivity contribution in [2.75, 3.05) is 0 Å². The van der Waals surface area contributed by atoms with Crippen molar-refractivity contribution in [3.63, 3.8) is 0 Å². The average molecular weight is 643 g/mol. The Balaban J connectivity index is 1.13. The molecule has 0 fully saturated rings. The number of furan rings is 1. The normalized spacial score (nSPS) is 14.6. The van der Waals surface area contributed by atoms with E-state index in [1.807, 2.05) is 24.3 Å². The second-order valence-electron chi connectivity index (χ2n) is 12.7. The van der Waals surface area contributed by atoms with Gasteiger partial charge in [0.1, 0.15) is 23.2 Å². The number of fused-ring (bicyclic) bond motifs is 7. The highest BCUT2D eigenvalue weighted by molar-refractivity contribution is 6.27. The fourth-order valence-electron chi connectivity index (χ4n) is 7.34. The van der Waals surface area contributed by atoms with E-state index < -0.39 is 0 Å². The second-order valence-corrected chi connectivity index (χ2v) is 12.7. The Hall–Kier alpha value is -6.72. The van der Waals surface area contributed by atoms with Crippen LogP contribution in [-0.2, 0) is 0 Å². The molecule has 5 nitrogen and oxygen atoms in total. The molecular formula is C45H30N4O. The quantitative estimate of drug-likeness (QED) is 0.203. The summed E-state index contributed by atoms with van der Waals surface area (Å²) in [5.74, 6) is 1.47. The molecule has 1 aliphatic heterocycles. The molecule has 10 rings (SSSR count). The zero-order valence-corrected chi connectivity index (χ0v) is 27.0. The molecule has 3 heterocycles. The fraction of sp³-hybridized carbons (Fsp3) is 0.0222. The van der Waals surface area contributed by atoms with Crippen molar-refractivity contribution in [3.8, 4) is 16.8 Å². The van der Waals surface area contributed by atoms with Gasteiger partial charge in [-0.2, -0.15) is 0 Å². The van der Waals surface area contributed by atoms with Crippen molar-refractivity contribution >= 4 is 55.4 Å². The number of hydrogen-bond donors (Lipinski definition) is 1. The summed E-state index contributed by atoms with van der Waals surface area (Å²) in [7, 11) is 0. The molecule has 1 unspecified atom stereocenters. The summed E-state index contributed by atoms with van der Waals surface area (Å²) in [5, 5.41) is 8.31. The van der Waals surface area contributed by atoms with E-state index in [-0.39, 0.29) is 6.17 Å². The zero-order valence-electron chi connectivity index (χ0n) is 27.0. The van der Waals surface area contributed by atoms with Gasteiger partial charge in [0.25, 0.3) is 0 Å². The zero-order chi connectivity index (χ0) is 33.0. The first-order chi connectivity index (χ1) is 24.8. The third-order valence-corrected chi connectivity index (χ3v) is 9.64. The molecule has 0 saturated heterocycles. The lowest BCUT2D eigenvalue weighted by Gasteiger charge is -2.24. The minimum Gasteiger partial charge on any atom is -0.456 e. The number of benzene rings is 7. The molecule has 7 aromatic carbocycles. The van der Waals surface area contributed by atoms with Gasteiger partial charge in [-0.15, -0.1) is 0 Å². The van der Waals surface area contributed by atoms with E-state index in [0.29, 0.717) is 5.84 Å². The molecule has 1 N–H and O–H groups in total. The van der Waals surface area contributed by atoms with Crippen LogP contribution in [0, 0.1) is 0 Å². The number of rotatable bonds is 5. The van der Waals surface area contributed by atoms with Crippen LogP contribution in [-0.4, -0.2) is 16.2 Å². The van der Waals surface area contributed by atoms with Gasteiger partial charge in [0, 0.05) is 38.4 Å². The van der Waals surface area contributed by atoms with Gasteiger partial charge in [0.05, 0.1) is 11.0 Å². The van der Waals surface area contributed by atoms with E-state index >= 15 is 0 Å². The Morgan fingerprint density at radius 3 is 2.08 bits per heavy atom. The van der Waals surface area contributed by atoms with Gasteiger partial charge in [0.2, 0.25) is 0 Å². The van der Waals surface area contributed by atoms with Gasteiger partial charge in [-0.25, -0.2) is 9.98 Å². The van der Waals surface area contributed by atoms with Gasteiger partial charge in [-0.3, -0.25) is 0 Å². The van der Waals surface area contributed by atoms with Crippen LogP contribution in [0.3, 0.4) is 0 Å². The predicted octanol–water partition coefficient (Wildman–Crippen LogP) is 10.8. The van der Waals surface area contributed by atoms with Gasteiger partial charge >= 0.3 is 0 Å². The van der Waals surface area contributed by atoms with Crippen molar-refractivity contribution < 1.29 is 4.42 Å². The number of para-hydroxylation sites is 2. The molecule has 9 aromatic rings. The smallest absolute Gasteiger partial charge is 0.159 e. The number of amidine groups is 2. The Labute approximate surface area is 288 Å². The van der Waals surface area contributed by atoms with Gasteiger partial charge < -0.3 is 14.3 Å². The van der Waals surface area contributed by atoms with Crippen LogP contribution < -0.4 is 5.32 Å². The minimum atomic E-state index is -0.293. The molecule has 0 spiro atoms. The van der Waals surface area contributed by atoms with E-state index in [1.165, 1.54) is 10.8 Å². The molecule has 1 aliphatic rings. The van der Waals surface area contributed by atoms with Crippen LogP contribution in [0.2, 0.25) is 0 Å². The van der Waals surface area contributed by atoms with Crippen LogP contribution in [0.5, 0.6) is 0 Å². The van der Waals surface area contributed by atoms with Crippen LogP contribution in [0.4, 0.5) is 0 Å². The summed E-state index contributed by atoms with van der Waals surface area (Å²) < 4.78 is 8.66. The fourth-order valence-corrected chi connectivity index (χ4v) is 7.34. The highest BCUT2D eigenvalue weighted by Gasteiger charge is 2.23. The topological polar surface area (TPSA) is 54.8 Å². The largest absolute Gasteiger partial charge is 0.456 e. The summed E-state index contributed by atoms with van der Waals surface area (Å²) in [6.45, 7) is 0. The Morgan fingerprint density at radius 2 is 1.20 bits per heavy atom. The van der Waals surface area contributed by atoms with Crippen molar-refractivity contribution in [1.82, 2.24) is 9.88 Å².